The molecule has 0 radical (unpaired) electrons. The molecule has 3 rings (SSSR count). The Hall–Kier alpha value is -2.66. The maximum atomic E-state index is 12.1. The largest absolute Gasteiger partial charge is 0.483 e. The number of thiazole rings is 1. The van der Waals surface area contributed by atoms with Crippen molar-refractivity contribution in [3.05, 3.63) is 75.8 Å². The average molecular weight is 366 g/mol. The highest BCUT2D eigenvalue weighted by molar-refractivity contribution is 7.15. The summed E-state index contributed by atoms with van der Waals surface area (Å²) in [7, 11) is 0. The fourth-order valence-corrected chi connectivity index (χ4v) is 3.38. The Kier molecular flexibility index (Phi) is 5.68. The predicted octanol–water partition coefficient (Wildman–Crippen LogP) is 4.68. The number of aromatic nitrogens is 1. The summed E-state index contributed by atoms with van der Waals surface area (Å²) in [5.41, 5.74) is 4.59. The van der Waals surface area contributed by atoms with Gasteiger partial charge in [-0.05, 0) is 43.5 Å². The van der Waals surface area contributed by atoms with Crippen LogP contribution in [0.5, 0.6) is 5.75 Å². The summed E-state index contributed by atoms with van der Waals surface area (Å²) in [4.78, 5) is 17.5. The molecule has 5 heteroatoms. The fourth-order valence-electron chi connectivity index (χ4n) is 2.52. The number of amides is 1. The Labute approximate surface area is 157 Å². The van der Waals surface area contributed by atoms with Crippen LogP contribution in [0.25, 0.3) is 0 Å². The number of rotatable bonds is 6. The Morgan fingerprint density at radius 2 is 1.81 bits per heavy atom. The molecule has 2 aromatic carbocycles. The first-order chi connectivity index (χ1) is 12.5. The number of carbonyl (C=O) groups excluding carboxylic acids is 1. The van der Waals surface area contributed by atoms with E-state index in [1.807, 2.05) is 38.2 Å². The number of hydrogen-bond donors (Lipinski definition) is 1. The number of carbonyl (C=O) groups is 1. The van der Waals surface area contributed by atoms with Crippen molar-refractivity contribution in [1.82, 2.24) is 4.98 Å². The van der Waals surface area contributed by atoms with Crippen LogP contribution < -0.4 is 10.1 Å². The van der Waals surface area contributed by atoms with Crippen molar-refractivity contribution >= 4 is 22.4 Å². The molecule has 0 saturated carbocycles. The van der Waals surface area contributed by atoms with Crippen molar-refractivity contribution in [2.45, 2.75) is 27.2 Å². The van der Waals surface area contributed by atoms with Crippen molar-refractivity contribution in [2.24, 2.45) is 0 Å². The van der Waals surface area contributed by atoms with Crippen molar-refractivity contribution in [3.8, 4) is 5.75 Å². The number of ether oxygens (including phenoxy) is 1. The van der Waals surface area contributed by atoms with Crippen LogP contribution in [0.15, 0.2) is 48.7 Å². The van der Waals surface area contributed by atoms with Gasteiger partial charge in [0, 0.05) is 17.5 Å². The molecule has 1 heterocycles. The number of aryl methyl sites for hydroxylation is 3. The normalized spacial score (nSPS) is 10.6. The predicted molar refractivity (Wildman–Crippen MR) is 106 cm³/mol. The standard InChI is InChI=1S/C21H22N2O2S/c1-14-5-8-17(9-6-14)11-18-12-22-21(26-18)23-20(24)13-25-19-10-15(2)4-7-16(19)3/h4-10,12H,11,13H2,1-3H3,(H,22,23,24). The third-order valence-corrected chi connectivity index (χ3v) is 4.91. The van der Waals surface area contributed by atoms with E-state index in [-0.39, 0.29) is 12.5 Å². The molecule has 0 aliphatic rings. The van der Waals surface area contributed by atoms with E-state index in [4.69, 9.17) is 4.74 Å². The van der Waals surface area contributed by atoms with Crippen molar-refractivity contribution in [3.63, 3.8) is 0 Å². The van der Waals surface area contributed by atoms with Gasteiger partial charge in [-0.1, -0.05) is 42.0 Å². The molecule has 0 aliphatic heterocycles. The van der Waals surface area contributed by atoms with Gasteiger partial charge in [0.25, 0.3) is 5.91 Å². The molecule has 0 saturated heterocycles. The maximum Gasteiger partial charge on any atom is 0.264 e. The molecule has 0 spiro atoms. The van der Waals surface area contributed by atoms with Crippen molar-refractivity contribution in [1.29, 1.82) is 0 Å². The summed E-state index contributed by atoms with van der Waals surface area (Å²) in [6.07, 6.45) is 2.62. The molecule has 0 bridgehead atoms. The smallest absolute Gasteiger partial charge is 0.264 e. The SMILES string of the molecule is Cc1ccc(Cc2cnc(NC(=O)COc3cc(C)ccc3C)s2)cc1. The number of anilines is 1. The van der Waals surface area contributed by atoms with Gasteiger partial charge in [-0.2, -0.15) is 0 Å². The number of hydrogen-bond acceptors (Lipinski definition) is 4. The van der Waals surface area contributed by atoms with Gasteiger partial charge < -0.3 is 4.74 Å². The van der Waals surface area contributed by atoms with Gasteiger partial charge in [0.2, 0.25) is 0 Å². The zero-order valence-electron chi connectivity index (χ0n) is 15.2. The van der Waals surface area contributed by atoms with Crippen LogP contribution in [-0.2, 0) is 11.2 Å². The van der Waals surface area contributed by atoms with E-state index in [0.717, 1.165) is 28.2 Å². The molecular formula is C21H22N2O2S. The van der Waals surface area contributed by atoms with Gasteiger partial charge in [-0.15, -0.1) is 11.3 Å². The molecule has 1 amide bonds. The second-order valence-electron chi connectivity index (χ2n) is 6.40. The molecule has 0 atom stereocenters. The summed E-state index contributed by atoms with van der Waals surface area (Å²) in [5.74, 6) is 0.529. The van der Waals surface area contributed by atoms with E-state index in [1.54, 1.807) is 0 Å². The Bertz CT molecular complexity index is 901. The highest BCUT2D eigenvalue weighted by Gasteiger charge is 2.09. The minimum Gasteiger partial charge on any atom is -0.483 e. The van der Waals surface area contributed by atoms with Gasteiger partial charge in [0.05, 0.1) is 0 Å². The average Bonchev–Trinajstić information content (AvgIpc) is 3.04. The lowest BCUT2D eigenvalue weighted by molar-refractivity contribution is -0.118. The van der Waals surface area contributed by atoms with Crippen molar-refractivity contribution < 1.29 is 9.53 Å². The molecule has 1 N–H and O–H groups in total. The van der Waals surface area contributed by atoms with Crippen LogP contribution in [0.3, 0.4) is 0 Å². The molecule has 26 heavy (non-hydrogen) atoms. The summed E-state index contributed by atoms with van der Waals surface area (Å²) < 4.78 is 5.63. The zero-order chi connectivity index (χ0) is 18.5. The van der Waals surface area contributed by atoms with E-state index >= 15 is 0 Å². The second-order valence-corrected chi connectivity index (χ2v) is 7.52. The van der Waals surface area contributed by atoms with Crippen LogP contribution in [0, 0.1) is 20.8 Å². The molecule has 0 unspecified atom stereocenters. The quantitative estimate of drug-likeness (QED) is 0.689. The van der Waals surface area contributed by atoms with E-state index in [2.05, 4.69) is 41.5 Å². The molecule has 0 aliphatic carbocycles. The molecule has 3 aromatic rings. The van der Waals surface area contributed by atoms with Crippen LogP contribution >= 0.6 is 11.3 Å². The van der Waals surface area contributed by atoms with E-state index in [0.29, 0.717) is 5.13 Å². The number of nitrogens with one attached hydrogen (secondary N) is 1. The second kappa shape index (κ2) is 8.15. The van der Waals surface area contributed by atoms with E-state index < -0.39 is 0 Å². The first-order valence-corrected chi connectivity index (χ1v) is 9.31. The van der Waals surface area contributed by atoms with Crippen LogP contribution in [0.1, 0.15) is 27.1 Å². The molecule has 134 valence electrons. The molecule has 4 nitrogen and oxygen atoms in total. The zero-order valence-corrected chi connectivity index (χ0v) is 16.0. The Balaban J connectivity index is 1.54. The minimum absolute atomic E-state index is 0.0306. The molecule has 0 fully saturated rings. The minimum atomic E-state index is -0.206. The maximum absolute atomic E-state index is 12.1. The third-order valence-electron chi connectivity index (χ3n) is 4.00. The van der Waals surface area contributed by atoms with E-state index in [9.17, 15) is 4.79 Å². The van der Waals surface area contributed by atoms with Gasteiger partial charge in [-0.3, -0.25) is 10.1 Å². The highest BCUT2D eigenvalue weighted by Crippen LogP contribution is 2.22. The van der Waals surface area contributed by atoms with Crippen LogP contribution in [0.4, 0.5) is 5.13 Å². The van der Waals surface area contributed by atoms with Gasteiger partial charge in [0.1, 0.15) is 5.75 Å². The number of nitrogens with zero attached hydrogens (tertiary/aromatic N) is 1. The monoisotopic (exact) mass is 366 g/mol. The fraction of sp³-hybridized carbons (Fsp3) is 0.238. The van der Waals surface area contributed by atoms with Gasteiger partial charge >= 0.3 is 0 Å². The lowest BCUT2D eigenvalue weighted by atomic mass is 10.1. The highest BCUT2D eigenvalue weighted by atomic mass is 32.1. The third kappa shape index (κ3) is 4.92. The van der Waals surface area contributed by atoms with Gasteiger partial charge in [0.15, 0.2) is 11.7 Å². The summed E-state index contributed by atoms with van der Waals surface area (Å²) in [6, 6.07) is 14.4. The molecule has 1 aromatic heterocycles. The van der Waals surface area contributed by atoms with Crippen molar-refractivity contribution in [2.75, 3.05) is 11.9 Å². The topological polar surface area (TPSA) is 51.2 Å². The Morgan fingerprint density at radius 1 is 1.08 bits per heavy atom. The van der Waals surface area contributed by atoms with Crippen LogP contribution in [-0.4, -0.2) is 17.5 Å². The van der Waals surface area contributed by atoms with Crippen LogP contribution in [0.2, 0.25) is 0 Å². The van der Waals surface area contributed by atoms with E-state index in [1.165, 1.54) is 22.5 Å². The Morgan fingerprint density at radius 3 is 2.58 bits per heavy atom. The first-order valence-electron chi connectivity index (χ1n) is 8.50. The number of benzene rings is 2. The summed E-state index contributed by atoms with van der Waals surface area (Å²) in [6.45, 7) is 6.00. The summed E-state index contributed by atoms with van der Waals surface area (Å²) >= 11 is 1.49. The lowest BCUT2D eigenvalue weighted by Gasteiger charge is -2.09. The summed E-state index contributed by atoms with van der Waals surface area (Å²) in [5, 5.41) is 3.40. The molecular weight excluding hydrogens is 344 g/mol. The lowest BCUT2D eigenvalue weighted by Crippen LogP contribution is -2.20. The first kappa shape index (κ1) is 18.1. The van der Waals surface area contributed by atoms with Gasteiger partial charge in [-0.25, -0.2) is 4.98 Å².